The maximum Gasteiger partial charge on any atom is 0.226 e. The largest absolute Gasteiger partial charge is 0.352 e. The molecule has 1 fully saturated rings. The lowest BCUT2D eigenvalue weighted by atomic mass is 10.2. The number of carbonyl (C=O) groups excluding carboxylic acids is 2. The minimum Gasteiger partial charge on any atom is -0.352 e. The van der Waals surface area contributed by atoms with E-state index < -0.39 is 0 Å². The Hall–Kier alpha value is -1.55. The highest BCUT2D eigenvalue weighted by Crippen LogP contribution is 2.40. The molecule has 1 aromatic carbocycles. The van der Waals surface area contributed by atoms with Crippen LogP contribution in [-0.4, -0.2) is 29.8 Å². The SMILES string of the molecule is CCCN(CCC)C(=O)C1CC1C(=O)NCc1ccccc1Cl. The Kier molecular flexibility index (Phi) is 6.46. The predicted octanol–water partition coefficient (Wildman–Crippen LogP) is 3.24. The Morgan fingerprint density at radius 3 is 2.43 bits per heavy atom. The third-order valence-corrected chi connectivity index (χ3v) is 4.52. The second kappa shape index (κ2) is 8.34. The van der Waals surface area contributed by atoms with Crippen molar-refractivity contribution in [1.82, 2.24) is 10.2 Å². The molecule has 1 saturated carbocycles. The molecule has 1 aliphatic rings. The Labute approximate surface area is 143 Å². The second-order valence-corrected chi connectivity index (χ2v) is 6.49. The number of nitrogens with one attached hydrogen (secondary N) is 1. The zero-order valence-corrected chi connectivity index (χ0v) is 14.6. The van der Waals surface area contributed by atoms with E-state index in [1.54, 1.807) is 6.07 Å². The van der Waals surface area contributed by atoms with Gasteiger partial charge in [0.2, 0.25) is 11.8 Å². The first-order chi connectivity index (χ1) is 11.1. The number of amides is 2. The Morgan fingerprint density at radius 2 is 1.83 bits per heavy atom. The lowest BCUT2D eigenvalue weighted by Gasteiger charge is -2.21. The summed E-state index contributed by atoms with van der Waals surface area (Å²) in [5, 5.41) is 3.54. The average molecular weight is 337 g/mol. The van der Waals surface area contributed by atoms with Gasteiger partial charge in [0.05, 0.1) is 11.8 Å². The van der Waals surface area contributed by atoms with Crippen molar-refractivity contribution in [2.24, 2.45) is 11.8 Å². The molecule has 23 heavy (non-hydrogen) atoms. The van der Waals surface area contributed by atoms with Crippen molar-refractivity contribution in [2.45, 2.75) is 39.7 Å². The molecule has 4 nitrogen and oxygen atoms in total. The number of hydrogen-bond acceptors (Lipinski definition) is 2. The topological polar surface area (TPSA) is 49.4 Å². The fourth-order valence-electron chi connectivity index (χ4n) is 2.82. The fourth-order valence-corrected chi connectivity index (χ4v) is 3.02. The van der Waals surface area contributed by atoms with Gasteiger partial charge in [-0.1, -0.05) is 43.6 Å². The van der Waals surface area contributed by atoms with Crippen molar-refractivity contribution in [3.05, 3.63) is 34.9 Å². The van der Waals surface area contributed by atoms with E-state index in [2.05, 4.69) is 19.2 Å². The van der Waals surface area contributed by atoms with E-state index in [0.29, 0.717) is 18.0 Å². The van der Waals surface area contributed by atoms with Gasteiger partial charge in [-0.25, -0.2) is 0 Å². The second-order valence-electron chi connectivity index (χ2n) is 6.08. The van der Waals surface area contributed by atoms with Crippen molar-refractivity contribution < 1.29 is 9.59 Å². The molecule has 0 aromatic heterocycles. The zero-order valence-electron chi connectivity index (χ0n) is 13.8. The number of benzene rings is 1. The van der Waals surface area contributed by atoms with Gasteiger partial charge in [-0.15, -0.1) is 0 Å². The minimum absolute atomic E-state index is 0.0452. The van der Waals surface area contributed by atoms with Crippen LogP contribution in [-0.2, 0) is 16.1 Å². The number of nitrogens with zero attached hydrogens (tertiary/aromatic N) is 1. The molecule has 2 amide bonds. The molecule has 1 aromatic rings. The van der Waals surface area contributed by atoms with Crippen LogP contribution in [0.25, 0.3) is 0 Å². The van der Waals surface area contributed by atoms with Gasteiger partial charge in [-0.3, -0.25) is 9.59 Å². The summed E-state index contributed by atoms with van der Waals surface area (Å²) >= 11 is 6.08. The first-order valence-electron chi connectivity index (χ1n) is 8.38. The maximum atomic E-state index is 12.5. The average Bonchev–Trinajstić information content (AvgIpc) is 3.33. The molecule has 0 bridgehead atoms. The van der Waals surface area contributed by atoms with E-state index in [0.717, 1.165) is 31.5 Å². The summed E-state index contributed by atoms with van der Waals surface area (Å²) < 4.78 is 0. The standard InChI is InChI=1S/C18H25ClN2O2/c1-3-9-21(10-4-2)18(23)15-11-14(15)17(22)20-12-13-7-5-6-8-16(13)19/h5-8,14-15H,3-4,9-12H2,1-2H3,(H,20,22). The molecule has 2 rings (SSSR count). The van der Waals surface area contributed by atoms with Crippen molar-refractivity contribution in [2.75, 3.05) is 13.1 Å². The summed E-state index contributed by atoms with van der Waals surface area (Å²) in [7, 11) is 0. The van der Waals surface area contributed by atoms with Crippen molar-refractivity contribution in [1.29, 1.82) is 0 Å². The van der Waals surface area contributed by atoms with Gasteiger partial charge in [0, 0.05) is 24.7 Å². The molecule has 0 spiro atoms. The summed E-state index contributed by atoms with van der Waals surface area (Å²) in [6.07, 6.45) is 2.56. The van der Waals surface area contributed by atoms with Gasteiger partial charge in [0.1, 0.15) is 0 Å². The smallest absolute Gasteiger partial charge is 0.226 e. The number of hydrogen-bond donors (Lipinski definition) is 1. The fraction of sp³-hybridized carbons (Fsp3) is 0.556. The van der Waals surface area contributed by atoms with E-state index in [1.165, 1.54) is 0 Å². The van der Waals surface area contributed by atoms with Crippen LogP contribution in [0.15, 0.2) is 24.3 Å². The van der Waals surface area contributed by atoms with Gasteiger partial charge in [0.25, 0.3) is 0 Å². The van der Waals surface area contributed by atoms with E-state index >= 15 is 0 Å². The molecule has 0 heterocycles. The van der Waals surface area contributed by atoms with Gasteiger partial charge >= 0.3 is 0 Å². The molecule has 1 N–H and O–H groups in total. The van der Waals surface area contributed by atoms with E-state index in [1.807, 2.05) is 23.1 Å². The molecule has 5 heteroatoms. The lowest BCUT2D eigenvalue weighted by molar-refractivity contribution is -0.134. The zero-order chi connectivity index (χ0) is 16.8. The van der Waals surface area contributed by atoms with E-state index in [4.69, 9.17) is 11.6 Å². The Balaban J connectivity index is 1.84. The van der Waals surface area contributed by atoms with Gasteiger partial charge in [-0.05, 0) is 30.9 Å². The first-order valence-corrected chi connectivity index (χ1v) is 8.76. The van der Waals surface area contributed by atoms with Crippen LogP contribution in [0.3, 0.4) is 0 Å². The third-order valence-electron chi connectivity index (χ3n) is 4.15. The summed E-state index contributed by atoms with van der Waals surface area (Å²) in [5.41, 5.74) is 0.893. The first kappa shape index (κ1) is 17.8. The van der Waals surface area contributed by atoms with Gasteiger partial charge < -0.3 is 10.2 Å². The van der Waals surface area contributed by atoms with Crippen LogP contribution < -0.4 is 5.32 Å². The van der Waals surface area contributed by atoms with Crippen LogP contribution in [0.5, 0.6) is 0 Å². The van der Waals surface area contributed by atoms with Gasteiger partial charge in [0.15, 0.2) is 0 Å². The highest BCUT2D eigenvalue weighted by atomic mass is 35.5. The molecule has 0 aliphatic heterocycles. The van der Waals surface area contributed by atoms with Crippen molar-refractivity contribution in [3.63, 3.8) is 0 Å². The van der Waals surface area contributed by atoms with Crippen LogP contribution in [0.1, 0.15) is 38.7 Å². The summed E-state index contributed by atoms with van der Waals surface area (Å²) in [4.78, 5) is 26.6. The van der Waals surface area contributed by atoms with Gasteiger partial charge in [-0.2, -0.15) is 0 Å². The van der Waals surface area contributed by atoms with E-state index in [-0.39, 0.29) is 23.7 Å². The monoisotopic (exact) mass is 336 g/mol. The molecule has 2 atom stereocenters. The molecule has 1 aliphatic carbocycles. The lowest BCUT2D eigenvalue weighted by Crippen LogP contribution is -2.35. The molecule has 126 valence electrons. The third kappa shape index (κ3) is 4.71. The normalized spacial score (nSPS) is 19.3. The molecule has 2 unspecified atom stereocenters. The maximum absolute atomic E-state index is 12.5. The predicted molar refractivity (Wildman–Crippen MR) is 92.1 cm³/mol. The highest BCUT2D eigenvalue weighted by Gasteiger charge is 2.49. The summed E-state index contributed by atoms with van der Waals surface area (Å²) in [6, 6.07) is 7.45. The number of carbonyl (C=O) groups is 2. The van der Waals surface area contributed by atoms with Crippen LogP contribution >= 0.6 is 11.6 Å². The van der Waals surface area contributed by atoms with Crippen LogP contribution in [0.4, 0.5) is 0 Å². The number of halogens is 1. The Morgan fingerprint density at radius 1 is 1.17 bits per heavy atom. The molecular formula is C18H25ClN2O2. The minimum atomic E-state index is -0.179. The van der Waals surface area contributed by atoms with Crippen molar-refractivity contribution in [3.8, 4) is 0 Å². The quantitative estimate of drug-likeness (QED) is 0.792. The van der Waals surface area contributed by atoms with Crippen LogP contribution in [0.2, 0.25) is 5.02 Å². The summed E-state index contributed by atoms with van der Waals surface area (Å²) in [6.45, 7) is 6.09. The van der Waals surface area contributed by atoms with Crippen LogP contribution in [0, 0.1) is 11.8 Å². The Bertz CT molecular complexity index is 556. The highest BCUT2D eigenvalue weighted by molar-refractivity contribution is 6.31. The molecular weight excluding hydrogens is 312 g/mol. The summed E-state index contributed by atoms with van der Waals surface area (Å²) in [5.74, 6) is -0.233. The molecule has 0 saturated heterocycles. The van der Waals surface area contributed by atoms with Crippen molar-refractivity contribution >= 4 is 23.4 Å². The number of rotatable bonds is 8. The van der Waals surface area contributed by atoms with E-state index in [9.17, 15) is 9.59 Å². The molecule has 0 radical (unpaired) electrons.